The van der Waals surface area contributed by atoms with E-state index in [1.807, 2.05) is 20.8 Å². The summed E-state index contributed by atoms with van der Waals surface area (Å²) < 4.78 is 0. The third-order valence-corrected chi connectivity index (χ3v) is 3.63. The molecule has 17 heavy (non-hydrogen) atoms. The van der Waals surface area contributed by atoms with Crippen LogP contribution >= 0.6 is 0 Å². The number of nitrogens with two attached hydrogens (primary N) is 1. The Bertz CT molecular complexity index is 260. The molecular weight excluding hydrogens is 214 g/mol. The van der Waals surface area contributed by atoms with Crippen molar-refractivity contribution in [2.75, 3.05) is 19.6 Å². The highest BCUT2D eigenvalue weighted by atomic mass is 16.2. The number of nitrogens with one attached hydrogen (secondary N) is 1. The molecule has 1 aliphatic rings. The molecule has 0 saturated carbocycles. The Morgan fingerprint density at radius 3 is 2.71 bits per heavy atom. The van der Waals surface area contributed by atoms with Gasteiger partial charge in [-0.2, -0.15) is 0 Å². The number of hydrogen-bond donors (Lipinski definition) is 2. The van der Waals surface area contributed by atoms with Crippen LogP contribution in [0.5, 0.6) is 0 Å². The molecule has 0 bridgehead atoms. The van der Waals surface area contributed by atoms with Crippen LogP contribution in [0.1, 0.15) is 40.5 Å². The van der Waals surface area contributed by atoms with Gasteiger partial charge in [0.1, 0.15) is 0 Å². The van der Waals surface area contributed by atoms with Gasteiger partial charge in [0.25, 0.3) is 0 Å². The molecule has 4 heteroatoms. The first-order chi connectivity index (χ1) is 7.86. The second kappa shape index (κ2) is 5.83. The predicted molar refractivity (Wildman–Crippen MR) is 70.7 cm³/mol. The molecule has 1 heterocycles. The van der Waals surface area contributed by atoms with Gasteiger partial charge in [-0.1, -0.05) is 27.7 Å². The first-order valence-corrected chi connectivity index (χ1v) is 6.63. The van der Waals surface area contributed by atoms with Crippen LogP contribution in [0, 0.1) is 5.41 Å². The molecule has 3 N–H and O–H groups in total. The summed E-state index contributed by atoms with van der Waals surface area (Å²) in [5.74, 6) is -0.0274. The first kappa shape index (κ1) is 14.5. The van der Waals surface area contributed by atoms with E-state index in [0.717, 1.165) is 19.6 Å². The summed E-state index contributed by atoms with van der Waals surface area (Å²) in [5.41, 5.74) is 5.74. The van der Waals surface area contributed by atoms with Crippen molar-refractivity contribution in [2.45, 2.75) is 52.6 Å². The van der Waals surface area contributed by atoms with Crippen molar-refractivity contribution in [2.24, 2.45) is 11.1 Å². The normalized spacial score (nSPS) is 23.7. The van der Waals surface area contributed by atoms with Crippen molar-refractivity contribution >= 4 is 5.91 Å². The Balaban J connectivity index is 2.38. The maximum atomic E-state index is 11.9. The molecule has 1 unspecified atom stereocenters. The van der Waals surface area contributed by atoms with E-state index in [9.17, 15) is 4.79 Å². The Morgan fingerprint density at radius 1 is 1.53 bits per heavy atom. The van der Waals surface area contributed by atoms with Crippen LogP contribution in [0.25, 0.3) is 0 Å². The highest BCUT2D eigenvalue weighted by molar-refractivity contribution is 5.82. The van der Waals surface area contributed by atoms with Crippen LogP contribution in [0.3, 0.4) is 0 Å². The zero-order valence-corrected chi connectivity index (χ0v) is 11.6. The summed E-state index contributed by atoms with van der Waals surface area (Å²) in [6, 6.07) is 0.0649. The van der Waals surface area contributed by atoms with E-state index < -0.39 is 6.04 Å². The van der Waals surface area contributed by atoms with Crippen molar-refractivity contribution < 1.29 is 4.79 Å². The smallest absolute Gasteiger partial charge is 0.237 e. The summed E-state index contributed by atoms with van der Waals surface area (Å²) >= 11 is 0. The van der Waals surface area contributed by atoms with Gasteiger partial charge in [-0.25, -0.2) is 0 Å². The van der Waals surface area contributed by atoms with Crippen LogP contribution in [0.4, 0.5) is 0 Å². The zero-order valence-electron chi connectivity index (χ0n) is 11.6. The number of hydrogen-bond acceptors (Lipinski definition) is 3. The average Bonchev–Trinajstić information content (AvgIpc) is 2.70. The standard InChI is InChI=1S/C13H27N3O/c1-5-16-8-6-7-10(16)9-15-12(17)11(14)13(2,3)4/h10-11H,5-9,14H2,1-4H3,(H,15,17)/t10?,11-/m0/s1. The zero-order chi connectivity index (χ0) is 13.1. The van der Waals surface area contributed by atoms with Gasteiger partial charge in [-0.3, -0.25) is 9.69 Å². The van der Waals surface area contributed by atoms with Gasteiger partial charge < -0.3 is 11.1 Å². The predicted octanol–water partition coefficient (Wildman–Crippen LogP) is 0.960. The van der Waals surface area contributed by atoms with Gasteiger partial charge in [0.2, 0.25) is 5.91 Å². The van der Waals surface area contributed by atoms with Crippen molar-refractivity contribution in [1.82, 2.24) is 10.2 Å². The van der Waals surface area contributed by atoms with Gasteiger partial charge in [0.05, 0.1) is 6.04 Å². The van der Waals surface area contributed by atoms with Gasteiger partial charge in [0, 0.05) is 12.6 Å². The van der Waals surface area contributed by atoms with Crippen molar-refractivity contribution in [3.05, 3.63) is 0 Å². The van der Waals surface area contributed by atoms with Crippen LogP contribution in [-0.4, -0.2) is 42.5 Å². The van der Waals surface area contributed by atoms with Gasteiger partial charge in [-0.05, 0) is 31.3 Å². The maximum absolute atomic E-state index is 11.9. The van der Waals surface area contributed by atoms with E-state index in [0.29, 0.717) is 6.04 Å². The van der Waals surface area contributed by atoms with Gasteiger partial charge >= 0.3 is 0 Å². The van der Waals surface area contributed by atoms with E-state index in [-0.39, 0.29) is 11.3 Å². The minimum atomic E-state index is -0.432. The molecule has 4 nitrogen and oxygen atoms in total. The molecule has 2 atom stereocenters. The number of carbonyl (C=O) groups excluding carboxylic acids is 1. The highest BCUT2D eigenvalue weighted by Crippen LogP contribution is 2.18. The van der Waals surface area contributed by atoms with Crippen LogP contribution in [0.15, 0.2) is 0 Å². The summed E-state index contributed by atoms with van der Waals surface area (Å²) in [7, 11) is 0. The van der Waals surface area contributed by atoms with Crippen molar-refractivity contribution in [1.29, 1.82) is 0 Å². The first-order valence-electron chi connectivity index (χ1n) is 6.63. The summed E-state index contributed by atoms with van der Waals surface area (Å²) in [6.07, 6.45) is 2.42. The molecule has 1 saturated heterocycles. The molecule has 0 aromatic heterocycles. The van der Waals surface area contributed by atoms with E-state index in [4.69, 9.17) is 5.73 Å². The van der Waals surface area contributed by atoms with Crippen LogP contribution in [0.2, 0.25) is 0 Å². The number of likely N-dealkylation sites (N-methyl/N-ethyl adjacent to an activating group) is 1. The van der Waals surface area contributed by atoms with Crippen LogP contribution < -0.4 is 11.1 Å². The quantitative estimate of drug-likeness (QED) is 0.771. The minimum Gasteiger partial charge on any atom is -0.353 e. The molecule has 0 aromatic carbocycles. The Hall–Kier alpha value is -0.610. The lowest BCUT2D eigenvalue weighted by Gasteiger charge is -2.28. The number of likely N-dealkylation sites (tertiary alicyclic amines) is 1. The van der Waals surface area contributed by atoms with Gasteiger partial charge in [-0.15, -0.1) is 0 Å². The third kappa shape index (κ3) is 3.96. The SMILES string of the molecule is CCN1CCCC1CNC(=O)[C@H](N)C(C)(C)C. The average molecular weight is 241 g/mol. The highest BCUT2D eigenvalue weighted by Gasteiger charge is 2.29. The second-order valence-electron chi connectivity index (χ2n) is 6.01. The minimum absolute atomic E-state index is 0.0274. The molecule has 0 aromatic rings. The number of rotatable bonds is 4. The second-order valence-corrected chi connectivity index (χ2v) is 6.01. The molecular formula is C13H27N3O. The summed E-state index contributed by atoms with van der Waals surface area (Å²) in [5, 5.41) is 2.99. The topological polar surface area (TPSA) is 58.4 Å². The Kier molecular flexibility index (Phi) is 4.95. The lowest BCUT2D eigenvalue weighted by Crippen LogP contribution is -2.51. The lowest BCUT2D eigenvalue weighted by molar-refractivity contribution is -0.124. The molecule has 1 fully saturated rings. The van der Waals surface area contributed by atoms with Gasteiger partial charge in [0.15, 0.2) is 0 Å². The number of nitrogens with zero attached hydrogens (tertiary/aromatic N) is 1. The Morgan fingerprint density at radius 2 is 2.18 bits per heavy atom. The number of carbonyl (C=O) groups is 1. The third-order valence-electron chi connectivity index (χ3n) is 3.63. The molecule has 1 amide bonds. The molecule has 1 aliphatic heterocycles. The molecule has 1 rings (SSSR count). The van der Waals surface area contributed by atoms with E-state index in [2.05, 4.69) is 17.1 Å². The van der Waals surface area contributed by atoms with Crippen LogP contribution in [-0.2, 0) is 4.79 Å². The maximum Gasteiger partial charge on any atom is 0.237 e. The molecule has 100 valence electrons. The van der Waals surface area contributed by atoms with E-state index in [1.165, 1.54) is 12.8 Å². The van der Waals surface area contributed by atoms with Crippen molar-refractivity contribution in [3.63, 3.8) is 0 Å². The largest absolute Gasteiger partial charge is 0.353 e. The molecule has 0 spiro atoms. The summed E-state index contributed by atoms with van der Waals surface area (Å²) in [6.45, 7) is 11.1. The van der Waals surface area contributed by atoms with E-state index >= 15 is 0 Å². The summed E-state index contributed by atoms with van der Waals surface area (Å²) in [4.78, 5) is 14.3. The fourth-order valence-electron chi connectivity index (χ4n) is 2.26. The Labute approximate surface area is 105 Å². The number of amides is 1. The van der Waals surface area contributed by atoms with Crippen molar-refractivity contribution in [3.8, 4) is 0 Å². The van der Waals surface area contributed by atoms with E-state index in [1.54, 1.807) is 0 Å². The monoisotopic (exact) mass is 241 g/mol. The molecule has 0 aliphatic carbocycles. The fourth-order valence-corrected chi connectivity index (χ4v) is 2.26. The fraction of sp³-hybridized carbons (Fsp3) is 0.923. The molecule has 0 radical (unpaired) electrons. The lowest BCUT2D eigenvalue weighted by atomic mass is 9.87.